The average molecular weight is 276 g/mol. The zero-order chi connectivity index (χ0) is 14.5. The van der Waals surface area contributed by atoms with Gasteiger partial charge in [0.25, 0.3) is 0 Å². The van der Waals surface area contributed by atoms with E-state index in [1.54, 1.807) is 30.3 Å². The number of hydrogen-bond donors (Lipinski definition) is 1. The fourth-order valence-electron chi connectivity index (χ4n) is 1.73. The summed E-state index contributed by atoms with van der Waals surface area (Å²) in [5.74, 6) is -0.960. The summed E-state index contributed by atoms with van der Waals surface area (Å²) in [7, 11) is 0. The zero-order valence-corrected chi connectivity index (χ0v) is 10.9. The van der Waals surface area contributed by atoms with Crippen LogP contribution in [0.4, 0.5) is 8.78 Å². The third-order valence-electron chi connectivity index (χ3n) is 2.83. The summed E-state index contributed by atoms with van der Waals surface area (Å²) in [6, 6.07) is 10.1. The lowest BCUT2D eigenvalue weighted by Crippen LogP contribution is -1.90. The van der Waals surface area contributed by atoms with Gasteiger partial charge in [-0.3, -0.25) is 0 Å². The van der Waals surface area contributed by atoms with Crippen LogP contribution in [0.5, 0.6) is 11.5 Å². The summed E-state index contributed by atoms with van der Waals surface area (Å²) >= 11 is 0. The highest BCUT2D eigenvalue weighted by Gasteiger charge is 2.06. The highest BCUT2D eigenvalue weighted by atomic mass is 19.1. The third-order valence-corrected chi connectivity index (χ3v) is 2.83. The number of halogens is 2. The summed E-state index contributed by atoms with van der Waals surface area (Å²) in [5.41, 5.74) is 1.87. The van der Waals surface area contributed by atoms with Crippen LogP contribution >= 0.6 is 0 Å². The van der Waals surface area contributed by atoms with E-state index in [1.165, 1.54) is 6.07 Å². The van der Waals surface area contributed by atoms with E-state index in [1.807, 2.05) is 6.92 Å². The molecule has 2 rings (SSSR count). The maximum Gasteiger partial charge on any atom is 0.168 e. The Balaban J connectivity index is 2.17. The molecule has 4 heteroatoms. The van der Waals surface area contributed by atoms with Gasteiger partial charge < -0.3 is 9.84 Å². The van der Waals surface area contributed by atoms with E-state index >= 15 is 0 Å². The molecule has 2 aromatic rings. The zero-order valence-electron chi connectivity index (χ0n) is 10.9. The van der Waals surface area contributed by atoms with Crippen LogP contribution in [-0.2, 0) is 0 Å². The Bertz CT molecular complexity index is 619. The van der Waals surface area contributed by atoms with Crippen LogP contribution in [0.1, 0.15) is 12.5 Å². The molecule has 0 saturated carbocycles. The van der Waals surface area contributed by atoms with Gasteiger partial charge in [0.2, 0.25) is 0 Å². The molecule has 2 aromatic carbocycles. The fourth-order valence-corrected chi connectivity index (χ4v) is 1.73. The summed E-state index contributed by atoms with van der Waals surface area (Å²) in [6.45, 7) is 1.86. The van der Waals surface area contributed by atoms with Crippen LogP contribution in [0.25, 0.3) is 5.57 Å². The fraction of sp³-hybridized carbons (Fsp3) is 0.125. The van der Waals surface area contributed by atoms with Crippen LogP contribution in [0, 0.1) is 11.6 Å². The lowest BCUT2D eigenvalue weighted by molar-refractivity contribution is 0.343. The van der Waals surface area contributed by atoms with Gasteiger partial charge >= 0.3 is 0 Å². The predicted octanol–water partition coefficient (Wildman–Crippen LogP) is 4.15. The molecule has 104 valence electrons. The number of rotatable bonds is 4. The molecule has 0 heterocycles. The van der Waals surface area contributed by atoms with E-state index in [-0.39, 0.29) is 12.4 Å². The number of aliphatic hydroxyl groups is 1. The Morgan fingerprint density at radius 3 is 2.45 bits per heavy atom. The van der Waals surface area contributed by atoms with E-state index in [0.29, 0.717) is 5.75 Å². The van der Waals surface area contributed by atoms with Crippen molar-refractivity contribution >= 4 is 5.57 Å². The topological polar surface area (TPSA) is 29.5 Å². The smallest absolute Gasteiger partial charge is 0.168 e. The van der Waals surface area contributed by atoms with Gasteiger partial charge in [-0.25, -0.2) is 8.78 Å². The van der Waals surface area contributed by atoms with Crippen LogP contribution < -0.4 is 4.74 Å². The summed E-state index contributed by atoms with van der Waals surface area (Å²) < 4.78 is 31.6. The molecular weight excluding hydrogens is 262 g/mol. The first-order valence-electron chi connectivity index (χ1n) is 6.11. The standard InChI is InChI=1S/C16H14F2O2/c1-11(8-9-19)12-2-5-14(6-3-12)20-16-7-4-13(17)10-15(16)18/h2-8,10,19H,9H2,1H3. The molecule has 0 aliphatic heterocycles. The Morgan fingerprint density at radius 2 is 1.85 bits per heavy atom. The van der Waals surface area contributed by atoms with Crippen molar-refractivity contribution in [3.63, 3.8) is 0 Å². The minimum Gasteiger partial charge on any atom is -0.454 e. The average Bonchev–Trinajstić information content (AvgIpc) is 2.43. The number of ether oxygens (including phenoxy) is 1. The van der Waals surface area contributed by atoms with Crippen molar-refractivity contribution in [1.82, 2.24) is 0 Å². The second kappa shape index (κ2) is 6.30. The van der Waals surface area contributed by atoms with Crippen LogP contribution in [0.2, 0.25) is 0 Å². The summed E-state index contributed by atoms with van der Waals surface area (Å²) in [5, 5.41) is 8.83. The van der Waals surface area contributed by atoms with Crippen LogP contribution in [0.15, 0.2) is 48.5 Å². The molecule has 0 aliphatic rings. The van der Waals surface area contributed by atoms with Crippen molar-refractivity contribution in [2.45, 2.75) is 6.92 Å². The lowest BCUT2D eigenvalue weighted by atomic mass is 10.1. The number of benzene rings is 2. The van der Waals surface area contributed by atoms with Crippen molar-refractivity contribution in [2.24, 2.45) is 0 Å². The van der Waals surface area contributed by atoms with Crippen molar-refractivity contribution in [1.29, 1.82) is 0 Å². The molecule has 0 aromatic heterocycles. The van der Waals surface area contributed by atoms with E-state index in [2.05, 4.69) is 0 Å². The van der Waals surface area contributed by atoms with Gasteiger partial charge in [0, 0.05) is 6.07 Å². The molecule has 0 amide bonds. The van der Waals surface area contributed by atoms with E-state index in [4.69, 9.17) is 9.84 Å². The molecule has 0 bridgehead atoms. The van der Waals surface area contributed by atoms with Gasteiger partial charge in [-0.2, -0.15) is 0 Å². The molecular formula is C16H14F2O2. The normalized spacial score (nSPS) is 11.5. The molecule has 0 unspecified atom stereocenters. The van der Waals surface area contributed by atoms with Crippen LogP contribution in [0.3, 0.4) is 0 Å². The lowest BCUT2D eigenvalue weighted by Gasteiger charge is -2.08. The van der Waals surface area contributed by atoms with Crippen molar-refractivity contribution in [3.05, 3.63) is 65.7 Å². The monoisotopic (exact) mass is 276 g/mol. The second-order valence-corrected chi connectivity index (χ2v) is 4.27. The molecule has 0 radical (unpaired) electrons. The first-order valence-corrected chi connectivity index (χ1v) is 6.11. The predicted molar refractivity (Wildman–Crippen MR) is 73.6 cm³/mol. The highest BCUT2D eigenvalue weighted by Crippen LogP contribution is 2.26. The van der Waals surface area contributed by atoms with Gasteiger partial charge in [-0.15, -0.1) is 0 Å². The Hall–Kier alpha value is -2.20. The Labute approximate surface area is 115 Å². The first-order chi connectivity index (χ1) is 9.60. The molecule has 20 heavy (non-hydrogen) atoms. The second-order valence-electron chi connectivity index (χ2n) is 4.27. The van der Waals surface area contributed by atoms with E-state index in [9.17, 15) is 8.78 Å². The quantitative estimate of drug-likeness (QED) is 0.908. The number of allylic oxidation sites excluding steroid dienone is 1. The van der Waals surface area contributed by atoms with E-state index in [0.717, 1.165) is 23.3 Å². The largest absolute Gasteiger partial charge is 0.454 e. The summed E-state index contributed by atoms with van der Waals surface area (Å²) in [4.78, 5) is 0. The molecule has 0 aliphatic carbocycles. The Kier molecular flexibility index (Phi) is 4.48. The molecule has 0 spiro atoms. The van der Waals surface area contributed by atoms with E-state index < -0.39 is 11.6 Å². The SMILES string of the molecule is CC(=CCO)c1ccc(Oc2ccc(F)cc2F)cc1. The van der Waals surface area contributed by atoms with Gasteiger partial charge in [-0.05, 0) is 42.3 Å². The van der Waals surface area contributed by atoms with Crippen molar-refractivity contribution < 1.29 is 18.6 Å². The maximum atomic E-state index is 13.4. The number of aliphatic hydroxyl groups excluding tert-OH is 1. The first kappa shape index (κ1) is 14.2. The third kappa shape index (κ3) is 3.42. The minimum atomic E-state index is -0.745. The molecule has 1 N–H and O–H groups in total. The maximum absolute atomic E-state index is 13.4. The number of hydrogen-bond acceptors (Lipinski definition) is 2. The molecule has 2 nitrogen and oxygen atoms in total. The van der Waals surface area contributed by atoms with Crippen LogP contribution in [-0.4, -0.2) is 11.7 Å². The molecule has 0 fully saturated rings. The van der Waals surface area contributed by atoms with Gasteiger partial charge in [-0.1, -0.05) is 18.2 Å². The Morgan fingerprint density at radius 1 is 1.15 bits per heavy atom. The minimum absolute atomic E-state index is 0.0229. The molecule has 0 atom stereocenters. The summed E-state index contributed by atoms with van der Waals surface area (Å²) in [6.07, 6.45) is 1.69. The van der Waals surface area contributed by atoms with Gasteiger partial charge in [0.05, 0.1) is 6.61 Å². The highest BCUT2D eigenvalue weighted by molar-refractivity contribution is 5.64. The van der Waals surface area contributed by atoms with Gasteiger partial charge in [0.1, 0.15) is 11.6 Å². The van der Waals surface area contributed by atoms with Gasteiger partial charge in [0.15, 0.2) is 11.6 Å². The van der Waals surface area contributed by atoms with Crippen molar-refractivity contribution in [2.75, 3.05) is 6.61 Å². The molecule has 0 saturated heterocycles. The van der Waals surface area contributed by atoms with Crippen molar-refractivity contribution in [3.8, 4) is 11.5 Å².